The number of fused-ring (bicyclic) bond motifs is 3. The number of imidazole rings is 1. The number of ether oxygens (including phenoxy) is 1. The van der Waals surface area contributed by atoms with E-state index in [2.05, 4.69) is 15.2 Å². The van der Waals surface area contributed by atoms with Crippen LogP contribution in [0.2, 0.25) is 0 Å². The van der Waals surface area contributed by atoms with Crippen LogP contribution in [0.1, 0.15) is 0 Å². The fourth-order valence-corrected chi connectivity index (χ4v) is 3.51. The number of methoxy groups -OCH3 is 1. The molecule has 10 nitrogen and oxygen atoms in total. The van der Waals surface area contributed by atoms with Crippen molar-refractivity contribution in [1.82, 2.24) is 18.5 Å². The number of azo groups is 1. The van der Waals surface area contributed by atoms with Crippen LogP contribution in [0.5, 0.6) is 10.8 Å². The average Bonchev–Trinajstić information content (AvgIpc) is 3.18. The molecule has 3 aromatic heterocycles. The third-order valence-electron chi connectivity index (χ3n) is 4.15. The van der Waals surface area contributed by atoms with Gasteiger partial charge in [0.25, 0.3) is 5.56 Å². The van der Waals surface area contributed by atoms with E-state index in [4.69, 9.17) is 4.74 Å². The zero-order valence-electron chi connectivity index (χ0n) is 14.6. The van der Waals surface area contributed by atoms with Crippen LogP contribution < -0.4 is 16.0 Å². The number of rotatable bonds is 3. The van der Waals surface area contributed by atoms with Crippen molar-refractivity contribution in [3.63, 3.8) is 0 Å². The van der Waals surface area contributed by atoms with Crippen molar-refractivity contribution in [3.05, 3.63) is 45.1 Å². The van der Waals surface area contributed by atoms with E-state index in [1.165, 1.54) is 23.1 Å². The zero-order valence-corrected chi connectivity index (χ0v) is 15.4. The Hall–Kier alpha value is -3.47. The maximum Gasteiger partial charge on any atom is 0.332 e. The Balaban J connectivity index is 1.95. The quantitative estimate of drug-likeness (QED) is 0.541. The van der Waals surface area contributed by atoms with Crippen LogP contribution in [0.25, 0.3) is 16.1 Å². The van der Waals surface area contributed by atoms with Gasteiger partial charge in [-0.3, -0.25) is 18.3 Å². The largest absolute Gasteiger partial charge is 0.497 e. The predicted octanol–water partition coefficient (Wildman–Crippen LogP) is 2.08. The second-order valence-corrected chi connectivity index (χ2v) is 6.69. The van der Waals surface area contributed by atoms with Gasteiger partial charge < -0.3 is 9.84 Å². The van der Waals surface area contributed by atoms with Gasteiger partial charge in [-0.15, -0.1) is 10.2 Å². The van der Waals surface area contributed by atoms with Crippen molar-refractivity contribution >= 4 is 39.0 Å². The number of benzene rings is 1. The van der Waals surface area contributed by atoms with Gasteiger partial charge >= 0.3 is 5.69 Å². The number of aromatic nitrogens is 4. The Bertz CT molecular complexity index is 1330. The first kappa shape index (κ1) is 17.0. The molecule has 0 spiro atoms. The summed E-state index contributed by atoms with van der Waals surface area (Å²) < 4.78 is 8.76. The Morgan fingerprint density at radius 2 is 1.81 bits per heavy atom. The van der Waals surface area contributed by atoms with Crippen molar-refractivity contribution in [3.8, 4) is 10.8 Å². The lowest BCUT2D eigenvalue weighted by molar-refractivity contribution is 0.415. The maximum absolute atomic E-state index is 12.6. The molecule has 0 unspecified atom stereocenters. The molecular weight excluding hydrogens is 372 g/mol. The first-order valence-corrected chi connectivity index (χ1v) is 8.59. The highest BCUT2D eigenvalue weighted by atomic mass is 32.1. The van der Waals surface area contributed by atoms with Gasteiger partial charge in [0.2, 0.25) is 15.8 Å². The van der Waals surface area contributed by atoms with Gasteiger partial charge in [-0.05, 0) is 24.3 Å². The number of aryl methyl sites for hydroxylation is 1. The molecule has 11 heteroatoms. The monoisotopic (exact) mass is 386 g/mol. The summed E-state index contributed by atoms with van der Waals surface area (Å²) in [6.07, 6.45) is 0. The van der Waals surface area contributed by atoms with E-state index < -0.39 is 11.2 Å². The van der Waals surface area contributed by atoms with Crippen LogP contribution in [0, 0.1) is 0 Å². The van der Waals surface area contributed by atoms with E-state index in [1.54, 1.807) is 31.4 Å². The van der Waals surface area contributed by atoms with Gasteiger partial charge in [-0.1, -0.05) is 11.3 Å². The summed E-state index contributed by atoms with van der Waals surface area (Å²) >= 11 is 0.945. The molecule has 0 fully saturated rings. The molecule has 1 N–H and O–H groups in total. The summed E-state index contributed by atoms with van der Waals surface area (Å²) in [6, 6.07) is 6.88. The van der Waals surface area contributed by atoms with Crippen LogP contribution in [0.4, 0.5) is 11.5 Å². The van der Waals surface area contributed by atoms with E-state index in [0.717, 1.165) is 15.9 Å². The molecule has 27 heavy (non-hydrogen) atoms. The van der Waals surface area contributed by atoms with Crippen LogP contribution in [0.3, 0.4) is 0 Å². The van der Waals surface area contributed by atoms with Crippen LogP contribution in [0.15, 0.2) is 44.1 Å². The molecule has 3 heterocycles. The number of nitrogens with zero attached hydrogens (tertiary/aromatic N) is 6. The average molecular weight is 386 g/mol. The molecule has 4 aromatic rings. The molecule has 0 aliphatic carbocycles. The van der Waals surface area contributed by atoms with Gasteiger partial charge in [0, 0.05) is 14.1 Å². The molecule has 1 aromatic carbocycles. The SMILES string of the molecule is COc1ccc(N=Nc2c(O)sc3nc4c(c(=O)n(C)c(=O)n4C)n23)cc1. The second-order valence-electron chi connectivity index (χ2n) is 5.74. The van der Waals surface area contributed by atoms with E-state index in [-0.39, 0.29) is 22.0 Å². The molecule has 0 aliphatic heterocycles. The van der Waals surface area contributed by atoms with E-state index in [0.29, 0.717) is 16.4 Å². The fraction of sp³-hybridized carbons (Fsp3) is 0.188. The lowest BCUT2D eigenvalue weighted by atomic mass is 10.3. The molecule has 0 saturated carbocycles. The minimum Gasteiger partial charge on any atom is -0.497 e. The molecule has 0 atom stereocenters. The summed E-state index contributed by atoms with van der Waals surface area (Å²) in [5.41, 5.74) is -0.104. The molecular formula is C16H14N6O4S. The Labute approximate surface area is 155 Å². The Kier molecular flexibility index (Phi) is 3.81. The molecule has 4 rings (SSSR count). The Morgan fingerprint density at radius 1 is 1.11 bits per heavy atom. The topological polar surface area (TPSA) is 115 Å². The van der Waals surface area contributed by atoms with Gasteiger partial charge in [-0.25, -0.2) is 4.79 Å². The zero-order chi connectivity index (χ0) is 19.3. The lowest BCUT2D eigenvalue weighted by Crippen LogP contribution is -2.37. The first-order chi connectivity index (χ1) is 12.9. The number of hydrogen-bond donors (Lipinski definition) is 1. The maximum atomic E-state index is 12.6. The fourth-order valence-electron chi connectivity index (χ4n) is 2.71. The summed E-state index contributed by atoms with van der Waals surface area (Å²) in [5, 5.41) is 18.3. The molecule has 138 valence electrons. The van der Waals surface area contributed by atoms with E-state index >= 15 is 0 Å². The molecule has 0 amide bonds. The summed E-state index contributed by atoms with van der Waals surface area (Å²) in [5.74, 6) is 0.754. The van der Waals surface area contributed by atoms with Crippen LogP contribution in [-0.2, 0) is 14.1 Å². The minimum atomic E-state index is -0.528. The molecule has 0 aliphatic rings. The number of hydrogen-bond acceptors (Lipinski definition) is 8. The van der Waals surface area contributed by atoms with Crippen molar-refractivity contribution < 1.29 is 9.84 Å². The predicted molar refractivity (Wildman–Crippen MR) is 99.9 cm³/mol. The van der Waals surface area contributed by atoms with Crippen LogP contribution >= 0.6 is 11.3 Å². The molecule has 0 radical (unpaired) electrons. The Morgan fingerprint density at radius 3 is 2.48 bits per heavy atom. The van der Waals surface area contributed by atoms with Crippen molar-refractivity contribution in [2.75, 3.05) is 7.11 Å². The summed E-state index contributed by atoms with van der Waals surface area (Å²) in [7, 11) is 4.47. The summed E-state index contributed by atoms with van der Waals surface area (Å²) in [6.45, 7) is 0. The molecule has 0 bridgehead atoms. The number of thiazole rings is 1. The van der Waals surface area contributed by atoms with Gasteiger partial charge in [0.05, 0.1) is 12.8 Å². The van der Waals surface area contributed by atoms with E-state index in [1.807, 2.05) is 0 Å². The highest BCUT2D eigenvalue weighted by Gasteiger charge is 2.21. The van der Waals surface area contributed by atoms with E-state index in [9.17, 15) is 14.7 Å². The van der Waals surface area contributed by atoms with Gasteiger partial charge in [-0.2, -0.15) is 4.98 Å². The van der Waals surface area contributed by atoms with Gasteiger partial charge in [0.1, 0.15) is 5.75 Å². The standard InChI is InChI=1S/C16H14N6O4S/c1-20-11-10(13(23)21(2)16(20)25)22-12(14(24)27-15(22)17-11)19-18-8-4-6-9(26-3)7-5-8/h4-7,24H,1-3H3. The third kappa shape index (κ3) is 2.51. The second kappa shape index (κ2) is 6.06. The van der Waals surface area contributed by atoms with Crippen molar-refractivity contribution in [1.29, 1.82) is 0 Å². The van der Waals surface area contributed by atoms with Crippen molar-refractivity contribution in [2.45, 2.75) is 0 Å². The van der Waals surface area contributed by atoms with Gasteiger partial charge in [0.15, 0.2) is 11.2 Å². The highest BCUT2D eigenvalue weighted by Crippen LogP contribution is 2.38. The smallest absolute Gasteiger partial charge is 0.332 e. The number of aromatic hydroxyl groups is 1. The lowest BCUT2D eigenvalue weighted by Gasteiger charge is -2.03. The minimum absolute atomic E-state index is 0.0732. The third-order valence-corrected chi connectivity index (χ3v) is 4.98. The van der Waals surface area contributed by atoms with Crippen molar-refractivity contribution in [2.24, 2.45) is 24.3 Å². The molecule has 0 saturated heterocycles. The van der Waals surface area contributed by atoms with Crippen LogP contribution in [-0.4, -0.2) is 30.7 Å². The highest BCUT2D eigenvalue weighted by molar-refractivity contribution is 7.19. The summed E-state index contributed by atoms with van der Waals surface area (Å²) in [4.78, 5) is 29.3. The normalized spacial score (nSPS) is 11.8. The first-order valence-electron chi connectivity index (χ1n) is 7.78.